The van der Waals surface area contributed by atoms with Crippen LogP contribution in [0.3, 0.4) is 0 Å². The number of carbonyl (C=O) groups excluding carboxylic acids is 2. The Morgan fingerprint density at radius 1 is 1.14 bits per heavy atom. The van der Waals surface area contributed by atoms with E-state index >= 15 is 0 Å². The van der Waals surface area contributed by atoms with Gasteiger partial charge in [0, 0.05) is 24.5 Å². The molecule has 0 spiro atoms. The number of likely N-dealkylation sites (N-methyl/N-ethyl adjacent to an activating group) is 1. The summed E-state index contributed by atoms with van der Waals surface area (Å²) in [6.07, 6.45) is -4.57. The van der Waals surface area contributed by atoms with Gasteiger partial charge in [-0.1, -0.05) is 36.4 Å². The van der Waals surface area contributed by atoms with E-state index in [1.165, 1.54) is 12.1 Å². The summed E-state index contributed by atoms with van der Waals surface area (Å²) in [7, 11) is 3.96. The van der Waals surface area contributed by atoms with Crippen LogP contribution in [0, 0.1) is 11.2 Å². The van der Waals surface area contributed by atoms with Crippen molar-refractivity contribution in [3.05, 3.63) is 71.0 Å². The first-order chi connectivity index (χ1) is 16.4. The first-order valence-corrected chi connectivity index (χ1v) is 12.6. The lowest BCUT2D eigenvalue weighted by molar-refractivity contribution is -0.194. The molecule has 188 valence electrons. The minimum atomic E-state index is -4.37. The van der Waals surface area contributed by atoms with Gasteiger partial charge in [0.2, 0.25) is 5.91 Å². The molecule has 10 heteroatoms. The van der Waals surface area contributed by atoms with Gasteiger partial charge >= 0.3 is 6.18 Å². The Morgan fingerprint density at radius 3 is 2.31 bits per heavy atom. The zero-order valence-electron chi connectivity index (χ0n) is 19.7. The summed E-state index contributed by atoms with van der Waals surface area (Å²) in [5.74, 6) is -2.88. The smallest absolute Gasteiger partial charge is 0.366 e. The molecule has 1 fully saturated rings. The number of hydrogen-bond donors (Lipinski definition) is 2. The number of nitrogens with one attached hydrogen (secondary N) is 1. The fourth-order valence-corrected chi connectivity index (χ4v) is 5.59. The SMILES string of the molecule is CN(C)[C@H](CNC(=O)C[C@H](c1ccccc1)C1(C(F)(F)F)CC1)[Si]Cc1ccc(C(N)=O)c(F)c1. The van der Waals surface area contributed by atoms with Crippen molar-refractivity contribution in [2.24, 2.45) is 11.1 Å². The number of halogens is 4. The number of nitrogens with two attached hydrogens (primary N) is 1. The molecule has 1 aliphatic rings. The highest BCUT2D eigenvalue weighted by Crippen LogP contribution is 2.66. The van der Waals surface area contributed by atoms with Gasteiger partial charge < -0.3 is 16.0 Å². The van der Waals surface area contributed by atoms with Crippen molar-refractivity contribution in [2.75, 3.05) is 20.6 Å². The number of hydrogen-bond acceptors (Lipinski definition) is 3. The molecule has 0 aromatic heterocycles. The summed E-state index contributed by atoms with van der Waals surface area (Å²) < 4.78 is 55.7. The van der Waals surface area contributed by atoms with Crippen LogP contribution in [0.2, 0.25) is 0 Å². The number of carbonyl (C=O) groups is 2. The molecule has 35 heavy (non-hydrogen) atoms. The maximum atomic E-state index is 14.0. The lowest BCUT2D eigenvalue weighted by Crippen LogP contribution is -2.45. The molecular formula is C25H29F4N3O2Si. The van der Waals surface area contributed by atoms with Gasteiger partial charge in [-0.2, -0.15) is 13.2 Å². The normalized spacial score (nSPS) is 16.5. The fourth-order valence-electron chi connectivity index (χ4n) is 4.29. The van der Waals surface area contributed by atoms with Crippen LogP contribution in [-0.4, -0.2) is 58.7 Å². The molecule has 5 nitrogen and oxygen atoms in total. The highest BCUT2D eigenvalue weighted by Gasteiger charge is 2.67. The first-order valence-electron chi connectivity index (χ1n) is 11.3. The zero-order valence-corrected chi connectivity index (χ0v) is 20.7. The van der Waals surface area contributed by atoms with Crippen LogP contribution >= 0.6 is 0 Å². The maximum Gasteiger partial charge on any atom is 0.395 e. The van der Waals surface area contributed by atoms with Crippen LogP contribution in [-0.2, 0) is 10.8 Å². The van der Waals surface area contributed by atoms with Crippen LogP contribution in [0.5, 0.6) is 0 Å². The molecule has 0 heterocycles. The summed E-state index contributed by atoms with van der Waals surface area (Å²) in [4.78, 5) is 25.9. The number of nitrogens with zero attached hydrogens (tertiary/aromatic N) is 1. The van der Waals surface area contributed by atoms with E-state index in [1.54, 1.807) is 36.4 Å². The number of alkyl halides is 3. The van der Waals surface area contributed by atoms with E-state index in [9.17, 15) is 27.2 Å². The van der Waals surface area contributed by atoms with Crippen LogP contribution in [0.4, 0.5) is 17.6 Å². The van der Waals surface area contributed by atoms with E-state index < -0.39 is 35.1 Å². The summed E-state index contributed by atoms with van der Waals surface area (Å²) >= 11 is 0. The van der Waals surface area contributed by atoms with Gasteiger partial charge in [0.1, 0.15) is 5.82 Å². The molecule has 2 aromatic rings. The van der Waals surface area contributed by atoms with Gasteiger partial charge in [0.15, 0.2) is 0 Å². The quantitative estimate of drug-likeness (QED) is 0.360. The Labute approximate surface area is 204 Å². The number of primary amides is 1. The predicted octanol–water partition coefficient (Wildman–Crippen LogP) is 3.65. The molecule has 2 atom stereocenters. The van der Waals surface area contributed by atoms with Crippen molar-refractivity contribution in [3.8, 4) is 0 Å². The summed E-state index contributed by atoms with van der Waals surface area (Å²) in [5, 5.41) is 2.81. The molecule has 1 saturated carbocycles. The molecule has 2 radical (unpaired) electrons. The Morgan fingerprint density at radius 2 is 1.80 bits per heavy atom. The van der Waals surface area contributed by atoms with Crippen molar-refractivity contribution >= 4 is 21.3 Å². The van der Waals surface area contributed by atoms with Gasteiger partial charge in [-0.05, 0) is 56.2 Å². The van der Waals surface area contributed by atoms with E-state index in [0.717, 1.165) is 0 Å². The molecule has 1 aliphatic carbocycles. The third-order valence-corrected chi connectivity index (χ3v) is 8.37. The zero-order chi connectivity index (χ0) is 25.8. The molecule has 3 N–H and O–H groups in total. The second-order valence-electron chi connectivity index (χ2n) is 9.16. The van der Waals surface area contributed by atoms with E-state index in [-0.39, 0.29) is 46.6 Å². The summed E-state index contributed by atoms with van der Waals surface area (Å²) in [5.41, 5.74) is 4.23. The first kappa shape index (κ1) is 26.9. The lowest BCUT2D eigenvalue weighted by Gasteiger charge is -2.30. The lowest BCUT2D eigenvalue weighted by atomic mass is 9.80. The van der Waals surface area contributed by atoms with Gasteiger partial charge in [0.25, 0.3) is 5.91 Å². The van der Waals surface area contributed by atoms with Crippen molar-refractivity contribution in [2.45, 2.75) is 43.1 Å². The second kappa shape index (κ2) is 10.9. The highest BCUT2D eigenvalue weighted by atomic mass is 28.2. The molecule has 2 aromatic carbocycles. The Kier molecular flexibility index (Phi) is 8.37. The van der Waals surface area contributed by atoms with Crippen LogP contribution in [0.1, 0.15) is 46.7 Å². The molecule has 0 saturated heterocycles. The van der Waals surface area contributed by atoms with Crippen LogP contribution < -0.4 is 11.1 Å². The van der Waals surface area contributed by atoms with E-state index in [2.05, 4.69) is 5.32 Å². The summed E-state index contributed by atoms with van der Waals surface area (Å²) in [6.45, 7) is 0.257. The van der Waals surface area contributed by atoms with E-state index in [1.807, 2.05) is 19.0 Å². The van der Waals surface area contributed by atoms with E-state index in [0.29, 0.717) is 17.2 Å². The number of amides is 2. The molecular weight excluding hydrogens is 478 g/mol. The average Bonchev–Trinajstić information content (AvgIpc) is 3.59. The van der Waals surface area contributed by atoms with Gasteiger partial charge in [-0.3, -0.25) is 9.59 Å². The number of rotatable bonds is 11. The summed E-state index contributed by atoms with van der Waals surface area (Å²) in [6, 6.07) is 13.2. The van der Waals surface area contributed by atoms with Gasteiger partial charge in [-0.15, -0.1) is 0 Å². The third kappa shape index (κ3) is 6.49. The van der Waals surface area contributed by atoms with Crippen molar-refractivity contribution in [3.63, 3.8) is 0 Å². The monoisotopic (exact) mass is 507 g/mol. The minimum Gasteiger partial charge on any atom is -0.366 e. The fraction of sp³-hybridized carbons (Fsp3) is 0.440. The second-order valence-corrected chi connectivity index (χ2v) is 10.6. The van der Waals surface area contributed by atoms with Crippen LogP contribution in [0.15, 0.2) is 48.5 Å². The van der Waals surface area contributed by atoms with Crippen molar-refractivity contribution in [1.29, 1.82) is 0 Å². The van der Waals surface area contributed by atoms with Crippen molar-refractivity contribution in [1.82, 2.24) is 10.2 Å². The topological polar surface area (TPSA) is 75.4 Å². The van der Waals surface area contributed by atoms with Crippen LogP contribution in [0.25, 0.3) is 0 Å². The Hall–Kier alpha value is -2.72. The predicted molar refractivity (Wildman–Crippen MR) is 126 cm³/mol. The average molecular weight is 508 g/mol. The molecule has 3 rings (SSSR count). The molecule has 0 bridgehead atoms. The minimum absolute atomic E-state index is 0.0240. The van der Waals surface area contributed by atoms with E-state index in [4.69, 9.17) is 5.73 Å². The largest absolute Gasteiger partial charge is 0.395 e. The third-order valence-electron chi connectivity index (χ3n) is 6.57. The number of benzene rings is 2. The standard InChI is InChI=1S/C25H29F4N3O2Si/c1-32(2)22(35-15-16-8-9-18(23(30)34)20(26)12-16)14-31-21(33)13-19(17-6-4-3-5-7-17)24(10-11-24)25(27,28)29/h3-9,12,19,22H,10-11,13-15H2,1-2H3,(H2,30,34)(H,31,33)/t19-,22+/m1/s1. The molecule has 0 unspecified atom stereocenters. The van der Waals surface area contributed by atoms with Gasteiger partial charge in [-0.25, -0.2) is 4.39 Å². The Bertz CT molecular complexity index is 1040. The van der Waals surface area contributed by atoms with Gasteiger partial charge in [0.05, 0.1) is 20.5 Å². The highest BCUT2D eigenvalue weighted by molar-refractivity contribution is 6.37. The molecule has 0 aliphatic heterocycles. The van der Waals surface area contributed by atoms with Crippen molar-refractivity contribution < 1.29 is 27.2 Å². The maximum absolute atomic E-state index is 14.0. The Balaban J connectivity index is 1.62. The molecule has 2 amide bonds.